The van der Waals surface area contributed by atoms with Crippen LogP contribution in [0.5, 0.6) is 0 Å². The van der Waals surface area contributed by atoms with Crippen molar-refractivity contribution in [1.82, 2.24) is 4.40 Å². The third-order valence-electron chi connectivity index (χ3n) is 8.39. The minimum atomic E-state index is -0.420. The van der Waals surface area contributed by atoms with Crippen molar-refractivity contribution < 1.29 is 9.31 Å². The van der Waals surface area contributed by atoms with Gasteiger partial charge in [0.15, 0.2) is 0 Å². The molecule has 0 N–H and O–H groups in total. The van der Waals surface area contributed by atoms with E-state index in [4.69, 9.17) is 9.31 Å². The Morgan fingerprint density at radius 3 is 2.09 bits per heavy atom. The summed E-state index contributed by atoms with van der Waals surface area (Å²) in [4.78, 5) is 0. The molecule has 0 amide bonds. The van der Waals surface area contributed by atoms with Crippen molar-refractivity contribution in [3.05, 3.63) is 72.8 Å². The highest BCUT2D eigenvalue weighted by molar-refractivity contribution is 7.26. The lowest BCUT2D eigenvalue weighted by Gasteiger charge is -2.32. The Morgan fingerprint density at radius 2 is 1.29 bits per heavy atom. The smallest absolute Gasteiger partial charge is 0.399 e. The van der Waals surface area contributed by atoms with Crippen molar-refractivity contribution in [2.75, 3.05) is 0 Å². The van der Waals surface area contributed by atoms with Crippen LogP contribution >= 0.6 is 11.3 Å². The van der Waals surface area contributed by atoms with Crippen molar-refractivity contribution in [1.29, 1.82) is 0 Å². The molecule has 0 aliphatic carbocycles. The molecule has 35 heavy (non-hydrogen) atoms. The van der Waals surface area contributed by atoms with Gasteiger partial charge in [0.05, 0.1) is 27.8 Å². The van der Waals surface area contributed by atoms with Crippen LogP contribution in [0, 0.1) is 0 Å². The molecule has 1 aliphatic rings. The van der Waals surface area contributed by atoms with Crippen molar-refractivity contribution in [2.45, 2.75) is 38.9 Å². The minimum Gasteiger partial charge on any atom is -0.399 e. The number of para-hydroxylation sites is 1. The van der Waals surface area contributed by atoms with Gasteiger partial charge in [-0.15, -0.1) is 11.3 Å². The van der Waals surface area contributed by atoms with Gasteiger partial charge in [-0.2, -0.15) is 0 Å². The van der Waals surface area contributed by atoms with E-state index in [1.807, 2.05) is 11.3 Å². The SMILES string of the molecule is CC1(C)OB(c2ccc3c4cccc5sc6cccc(c6c54)n4c5ccccc5c2c34)OC1(C)C. The van der Waals surface area contributed by atoms with E-state index in [9.17, 15) is 0 Å². The number of rotatable bonds is 1. The van der Waals surface area contributed by atoms with Crippen LogP contribution in [-0.4, -0.2) is 22.7 Å². The maximum Gasteiger partial charge on any atom is 0.495 e. The van der Waals surface area contributed by atoms with Crippen LogP contribution in [0.25, 0.3) is 58.3 Å². The Bertz CT molecular complexity index is 1960. The van der Waals surface area contributed by atoms with E-state index in [0.29, 0.717) is 0 Å². The van der Waals surface area contributed by atoms with Crippen LogP contribution < -0.4 is 5.46 Å². The molecule has 1 fully saturated rings. The van der Waals surface area contributed by atoms with Crippen molar-refractivity contribution >= 4 is 82.2 Å². The van der Waals surface area contributed by atoms with Crippen molar-refractivity contribution in [3.8, 4) is 0 Å². The van der Waals surface area contributed by atoms with Crippen molar-refractivity contribution in [2.24, 2.45) is 0 Å². The molecule has 5 heteroatoms. The fourth-order valence-electron chi connectivity index (χ4n) is 6.02. The maximum atomic E-state index is 6.57. The summed E-state index contributed by atoms with van der Waals surface area (Å²) in [6.45, 7) is 8.48. The Hall–Kier alpha value is -3.12. The van der Waals surface area contributed by atoms with Crippen LogP contribution in [0.4, 0.5) is 0 Å². The molecular weight excluding hydrogens is 449 g/mol. The molecule has 4 aromatic carbocycles. The summed E-state index contributed by atoms with van der Waals surface area (Å²) in [6.07, 6.45) is 0. The lowest BCUT2D eigenvalue weighted by molar-refractivity contribution is 0.00578. The van der Waals surface area contributed by atoms with Gasteiger partial charge in [0.25, 0.3) is 0 Å². The predicted molar refractivity (Wildman–Crippen MR) is 150 cm³/mol. The lowest BCUT2D eigenvalue weighted by Crippen LogP contribution is -2.41. The van der Waals surface area contributed by atoms with Gasteiger partial charge in [0, 0.05) is 36.3 Å². The highest BCUT2D eigenvalue weighted by Gasteiger charge is 2.52. The number of aromatic nitrogens is 1. The first-order valence-electron chi connectivity index (χ1n) is 12.2. The average molecular weight is 473 g/mol. The Kier molecular flexibility index (Phi) is 3.65. The van der Waals surface area contributed by atoms with Crippen LogP contribution in [0.3, 0.4) is 0 Å². The van der Waals surface area contributed by atoms with E-state index in [0.717, 1.165) is 5.46 Å². The van der Waals surface area contributed by atoms with Crippen LogP contribution in [0.2, 0.25) is 0 Å². The van der Waals surface area contributed by atoms with E-state index in [2.05, 4.69) is 105 Å². The first kappa shape index (κ1) is 20.1. The van der Waals surface area contributed by atoms with Gasteiger partial charge >= 0.3 is 7.12 Å². The van der Waals surface area contributed by atoms with E-state index >= 15 is 0 Å². The molecule has 1 saturated heterocycles. The van der Waals surface area contributed by atoms with Gasteiger partial charge < -0.3 is 13.7 Å². The number of hydrogen-bond acceptors (Lipinski definition) is 3. The molecule has 0 unspecified atom stereocenters. The fraction of sp³-hybridized carbons (Fsp3) is 0.200. The van der Waals surface area contributed by atoms with Gasteiger partial charge in [-0.1, -0.05) is 48.5 Å². The first-order chi connectivity index (χ1) is 16.9. The first-order valence-corrected chi connectivity index (χ1v) is 13.0. The van der Waals surface area contributed by atoms with Crippen molar-refractivity contribution in [3.63, 3.8) is 0 Å². The number of nitrogens with zero attached hydrogens (tertiary/aromatic N) is 1. The summed E-state index contributed by atoms with van der Waals surface area (Å²) < 4.78 is 18.3. The largest absolute Gasteiger partial charge is 0.495 e. The molecular formula is C30H24BNO2S. The number of fused-ring (bicyclic) bond motifs is 5. The quantitative estimate of drug-likeness (QED) is 0.230. The highest BCUT2D eigenvalue weighted by Crippen LogP contribution is 2.45. The molecule has 4 heterocycles. The topological polar surface area (TPSA) is 22.9 Å². The summed E-state index contributed by atoms with van der Waals surface area (Å²) in [7, 11) is -0.420. The molecule has 8 rings (SSSR count). The molecule has 3 nitrogen and oxygen atoms in total. The molecule has 0 saturated carbocycles. The van der Waals surface area contributed by atoms with E-state index in [1.54, 1.807) is 0 Å². The normalized spacial score (nSPS) is 17.9. The molecule has 1 aliphatic heterocycles. The number of hydrogen-bond donors (Lipinski definition) is 0. The molecule has 0 spiro atoms. The van der Waals surface area contributed by atoms with Gasteiger partial charge in [-0.3, -0.25) is 0 Å². The van der Waals surface area contributed by atoms with Gasteiger partial charge in [0.1, 0.15) is 0 Å². The van der Waals surface area contributed by atoms with Crippen LogP contribution in [0.1, 0.15) is 27.7 Å². The van der Waals surface area contributed by atoms with Gasteiger partial charge in [-0.25, -0.2) is 0 Å². The Labute approximate surface area is 207 Å². The lowest BCUT2D eigenvalue weighted by atomic mass is 9.76. The second-order valence-electron chi connectivity index (χ2n) is 10.8. The molecule has 170 valence electrons. The van der Waals surface area contributed by atoms with Crippen LogP contribution in [-0.2, 0) is 9.31 Å². The van der Waals surface area contributed by atoms with Crippen LogP contribution in [0.15, 0.2) is 72.8 Å². The predicted octanol–water partition coefficient (Wildman–Crippen LogP) is 7.50. The van der Waals surface area contributed by atoms with Gasteiger partial charge in [-0.05, 0) is 62.8 Å². The third kappa shape index (κ3) is 2.39. The summed E-state index contributed by atoms with van der Waals surface area (Å²) >= 11 is 1.88. The monoisotopic (exact) mass is 473 g/mol. The second kappa shape index (κ2) is 6.35. The molecule has 0 radical (unpaired) electrons. The minimum absolute atomic E-state index is 0.393. The molecule has 7 aromatic rings. The summed E-state index contributed by atoms with van der Waals surface area (Å²) in [6, 6.07) is 26.7. The summed E-state index contributed by atoms with van der Waals surface area (Å²) in [5, 5.41) is 7.72. The number of benzene rings is 4. The summed E-state index contributed by atoms with van der Waals surface area (Å²) in [5.41, 5.74) is 4.01. The Morgan fingerprint density at radius 1 is 0.629 bits per heavy atom. The maximum absolute atomic E-state index is 6.57. The van der Waals surface area contributed by atoms with Gasteiger partial charge in [0.2, 0.25) is 0 Å². The zero-order valence-corrected chi connectivity index (χ0v) is 21.0. The molecule has 0 bridgehead atoms. The zero-order valence-electron chi connectivity index (χ0n) is 20.2. The highest BCUT2D eigenvalue weighted by atomic mass is 32.1. The third-order valence-corrected chi connectivity index (χ3v) is 9.51. The van der Waals surface area contributed by atoms with E-state index < -0.39 is 18.3 Å². The average Bonchev–Trinajstić information content (AvgIpc) is 3.42. The molecule has 0 atom stereocenters. The number of thiophene rings is 1. The second-order valence-corrected chi connectivity index (χ2v) is 11.9. The van der Waals surface area contributed by atoms with E-state index in [1.165, 1.54) is 58.3 Å². The van der Waals surface area contributed by atoms with E-state index in [-0.39, 0.29) is 0 Å². The fourth-order valence-corrected chi connectivity index (χ4v) is 7.17. The standard InChI is InChI=1S/C30H24BNO2S/c1-29(2)30(3,4)34-31(33-29)20-16-15-18-17-10-7-13-23-26(17)27-22(12-8-14-24(27)35-23)32-21-11-6-5-9-19(21)25(20)28(18)32/h5-16H,1-4H3. The molecule has 3 aromatic heterocycles. The Balaban J connectivity index is 1.65. The summed E-state index contributed by atoms with van der Waals surface area (Å²) in [5.74, 6) is 0. The zero-order chi connectivity index (χ0) is 23.7.